The van der Waals surface area contributed by atoms with Gasteiger partial charge in [-0.1, -0.05) is 91.0 Å². The van der Waals surface area contributed by atoms with Gasteiger partial charge >= 0.3 is 0 Å². The van der Waals surface area contributed by atoms with E-state index < -0.39 is 5.54 Å². The van der Waals surface area contributed by atoms with Gasteiger partial charge in [0.2, 0.25) is 11.8 Å². The van der Waals surface area contributed by atoms with E-state index in [-0.39, 0.29) is 24.2 Å². The molecule has 1 unspecified atom stereocenters. The Bertz CT molecular complexity index is 963. The molecule has 0 aromatic heterocycles. The molecule has 0 saturated carbocycles. The van der Waals surface area contributed by atoms with Crippen molar-refractivity contribution in [3.8, 4) is 0 Å². The van der Waals surface area contributed by atoms with E-state index in [1.807, 2.05) is 97.9 Å². The van der Waals surface area contributed by atoms with Crippen molar-refractivity contribution >= 4 is 11.8 Å². The Balaban J connectivity index is 1.53. The topological polar surface area (TPSA) is 49.4 Å². The third kappa shape index (κ3) is 4.13. The van der Waals surface area contributed by atoms with Crippen molar-refractivity contribution in [1.29, 1.82) is 0 Å². The van der Waals surface area contributed by atoms with Crippen LogP contribution in [0.15, 0.2) is 91.0 Å². The first-order valence-corrected chi connectivity index (χ1v) is 10.3. The van der Waals surface area contributed by atoms with Crippen molar-refractivity contribution < 1.29 is 9.59 Å². The van der Waals surface area contributed by atoms with Crippen LogP contribution in [0.4, 0.5) is 0 Å². The molecule has 152 valence electrons. The average molecular weight is 399 g/mol. The Morgan fingerprint density at radius 3 is 1.93 bits per heavy atom. The zero-order valence-electron chi connectivity index (χ0n) is 17.1. The van der Waals surface area contributed by atoms with Crippen LogP contribution >= 0.6 is 0 Å². The maximum absolute atomic E-state index is 13.3. The lowest BCUT2D eigenvalue weighted by Gasteiger charge is -2.33. The maximum Gasteiger partial charge on any atom is 0.226 e. The number of nitrogens with one attached hydrogen (secondary N) is 1. The molecule has 1 fully saturated rings. The van der Waals surface area contributed by atoms with Gasteiger partial charge in [-0.15, -0.1) is 0 Å². The van der Waals surface area contributed by atoms with Crippen molar-refractivity contribution in [2.45, 2.75) is 25.4 Å². The molecule has 1 saturated heterocycles. The molecular formula is C26H26N2O2. The highest BCUT2D eigenvalue weighted by atomic mass is 16.2. The van der Waals surface area contributed by atoms with Crippen LogP contribution in [0.25, 0.3) is 0 Å². The molecule has 30 heavy (non-hydrogen) atoms. The number of amides is 2. The first kappa shape index (κ1) is 19.9. The number of benzene rings is 3. The molecule has 3 aromatic carbocycles. The zero-order chi connectivity index (χ0) is 21.0. The molecule has 1 atom stereocenters. The summed E-state index contributed by atoms with van der Waals surface area (Å²) in [6.45, 7) is 3.01. The van der Waals surface area contributed by atoms with Gasteiger partial charge in [0.05, 0.1) is 11.5 Å². The SMILES string of the molecule is CC(NC(=O)C1CC(=O)N(Cc2ccccc2)C1)(c1ccccc1)c1ccccc1. The van der Waals surface area contributed by atoms with E-state index in [9.17, 15) is 9.59 Å². The second-order valence-electron chi connectivity index (χ2n) is 8.01. The van der Waals surface area contributed by atoms with E-state index in [0.29, 0.717) is 13.1 Å². The van der Waals surface area contributed by atoms with Gasteiger partial charge in [0.1, 0.15) is 0 Å². The molecule has 4 heteroatoms. The van der Waals surface area contributed by atoms with Gasteiger partial charge in [-0.3, -0.25) is 9.59 Å². The minimum absolute atomic E-state index is 0.0279. The minimum Gasteiger partial charge on any atom is -0.342 e. The lowest BCUT2D eigenvalue weighted by molar-refractivity contribution is -0.129. The molecule has 1 aliphatic rings. The second kappa shape index (κ2) is 8.54. The Labute approximate surface area is 177 Å². The van der Waals surface area contributed by atoms with Crippen molar-refractivity contribution in [2.75, 3.05) is 6.54 Å². The highest BCUT2D eigenvalue weighted by Crippen LogP contribution is 2.30. The smallest absolute Gasteiger partial charge is 0.226 e. The maximum atomic E-state index is 13.3. The van der Waals surface area contributed by atoms with Gasteiger partial charge in [0.25, 0.3) is 0 Å². The summed E-state index contributed by atoms with van der Waals surface area (Å²) < 4.78 is 0. The number of nitrogens with zero attached hydrogens (tertiary/aromatic N) is 1. The Morgan fingerprint density at radius 2 is 1.40 bits per heavy atom. The quantitative estimate of drug-likeness (QED) is 0.679. The predicted molar refractivity (Wildman–Crippen MR) is 117 cm³/mol. The Hall–Kier alpha value is -3.40. The molecule has 0 spiro atoms. The number of hydrogen-bond acceptors (Lipinski definition) is 2. The monoisotopic (exact) mass is 398 g/mol. The normalized spacial score (nSPS) is 16.5. The van der Waals surface area contributed by atoms with E-state index >= 15 is 0 Å². The predicted octanol–water partition coefficient (Wildman–Crippen LogP) is 4.12. The van der Waals surface area contributed by atoms with Crippen LogP contribution in [-0.4, -0.2) is 23.3 Å². The van der Waals surface area contributed by atoms with Crippen LogP contribution in [-0.2, 0) is 21.7 Å². The molecule has 0 aliphatic carbocycles. The average Bonchev–Trinajstić information content (AvgIpc) is 3.16. The number of likely N-dealkylation sites (tertiary alicyclic amines) is 1. The molecule has 0 radical (unpaired) electrons. The van der Waals surface area contributed by atoms with Crippen LogP contribution in [0.2, 0.25) is 0 Å². The molecule has 4 rings (SSSR count). The molecule has 2 amide bonds. The summed E-state index contributed by atoms with van der Waals surface area (Å²) in [5.74, 6) is -0.415. The van der Waals surface area contributed by atoms with Crippen LogP contribution in [0.5, 0.6) is 0 Å². The first-order valence-electron chi connectivity index (χ1n) is 10.3. The number of carbonyl (C=O) groups is 2. The lowest BCUT2D eigenvalue weighted by atomic mass is 9.84. The first-order chi connectivity index (χ1) is 14.6. The molecule has 1 heterocycles. The van der Waals surface area contributed by atoms with E-state index in [1.165, 1.54) is 0 Å². The summed E-state index contributed by atoms with van der Waals surface area (Å²) in [4.78, 5) is 27.6. The molecule has 0 bridgehead atoms. The summed E-state index contributed by atoms with van der Waals surface area (Å²) in [6, 6.07) is 29.8. The summed E-state index contributed by atoms with van der Waals surface area (Å²) >= 11 is 0. The van der Waals surface area contributed by atoms with Gasteiger partial charge in [-0.25, -0.2) is 0 Å². The van der Waals surface area contributed by atoms with E-state index in [2.05, 4.69) is 5.32 Å². The summed E-state index contributed by atoms with van der Waals surface area (Å²) in [5, 5.41) is 3.26. The number of hydrogen-bond donors (Lipinski definition) is 1. The number of carbonyl (C=O) groups excluding carboxylic acids is 2. The summed E-state index contributed by atoms with van der Waals surface area (Å²) in [6.07, 6.45) is 0.248. The molecular weight excluding hydrogens is 372 g/mol. The second-order valence-corrected chi connectivity index (χ2v) is 8.01. The van der Waals surface area contributed by atoms with E-state index in [1.54, 1.807) is 4.90 Å². The van der Waals surface area contributed by atoms with Crippen molar-refractivity contribution in [3.05, 3.63) is 108 Å². The molecule has 3 aromatic rings. The largest absolute Gasteiger partial charge is 0.342 e. The van der Waals surface area contributed by atoms with Gasteiger partial charge in [-0.2, -0.15) is 0 Å². The van der Waals surface area contributed by atoms with Gasteiger partial charge in [-0.05, 0) is 23.6 Å². The van der Waals surface area contributed by atoms with E-state index in [0.717, 1.165) is 16.7 Å². The number of rotatable bonds is 6. The van der Waals surface area contributed by atoms with Crippen molar-refractivity contribution in [1.82, 2.24) is 10.2 Å². The Morgan fingerprint density at radius 1 is 0.900 bits per heavy atom. The third-order valence-corrected chi connectivity index (χ3v) is 5.88. The molecule has 1 N–H and O–H groups in total. The Kier molecular flexibility index (Phi) is 5.66. The highest BCUT2D eigenvalue weighted by molar-refractivity contribution is 5.89. The fourth-order valence-electron chi connectivity index (χ4n) is 4.11. The highest BCUT2D eigenvalue weighted by Gasteiger charge is 2.38. The fourth-order valence-corrected chi connectivity index (χ4v) is 4.11. The molecule has 1 aliphatic heterocycles. The van der Waals surface area contributed by atoms with Gasteiger partial charge in [0.15, 0.2) is 0 Å². The molecule has 4 nitrogen and oxygen atoms in total. The fraction of sp³-hybridized carbons (Fsp3) is 0.231. The van der Waals surface area contributed by atoms with Crippen LogP contribution < -0.4 is 5.32 Å². The van der Waals surface area contributed by atoms with Crippen molar-refractivity contribution in [3.63, 3.8) is 0 Å². The van der Waals surface area contributed by atoms with Crippen LogP contribution in [0.3, 0.4) is 0 Å². The zero-order valence-corrected chi connectivity index (χ0v) is 17.1. The lowest BCUT2D eigenvalue weighted by Crippen LogP contribution is -2.47. The van der Waals surface area contributed by atoms with Crippen molar-refractivity contribution in [2.24, 2.45) is 5.92 Å². The standard InChI is InChI=1S/C26H26N2O2/c1-26(22-13-7-3-8-14-22,23-15-9-4-10-16-23)27-25(30)21-17-24(29)28(19-21)18-20-11-5-2-6-12-20/h2-16,21H,17-19H2,1H3,(H,27,30). The van der Waals surface area contributed by atoms with Gasteiger partial charge in [0, 0.05) is 19.5 Å². The minimum atomic E-state index is -0.671. The van der Waals surface area contributed by atoms with Crippen LogP contribution in [0.1, 0.15) is 30.0 Å². The summed E-state index contributed by atoms with van der Waals surface area (Å²) in [7, 11) is 0. The van der Waals surface area contributed by atoms with Gasteiger partial charge < -0.3 is 10.2 Å². The summed E-state index contributed by atoms with van der Waals surface area (Å²) in [5.41, 5.74) is 2.42. The third-order valence-electron chi connectivity index (χ3n) is 5.88. The van der Waals surface area contributed by atoms with E-state index in [4.69, 9.17) is 0 Å². The van der Waals surface area contributed by atoms with Crippen LogP contribution in [0, 0.1) is 5.92 Å².